The van der Waals surface area contributed by atoms with Crippen LogP contribution >= 0.6 is 0 Å². The molecule has 4 aliphatic rings. The van der Waals surface area contributed by atoms with Crippen LogP contribution in [-0.2, 0) is 0 Å². The van der Waals surface area contributed by atoms with Crippen LogP contribution in [0.4, 0.5) is 4.39 Å². The molecule has 0 aromatic carbocycles. The van der Waals surface area contributed by atoms with Crippen molar-refractivity contribution >= 4 is 0 Å². The Morgan fingerprint density at radius 3 is 2.32 bits per heavy atom. The summed E-state index contributed by atoms with van der Waals surface area (Å²) in [4.78, 5) is 1.86. The topological polar surface area (TPSA) is 67.5 Å². The molecule has 1 saturated heterocycles. The molecule has 1 aliphatic heterocycles. The molecule has 0 bridgehead atoms. The van der Waals surface area contributed by atoms with Gasteiger partial charge in [0.05, 0.1) is 18.6 Å². The number of hydrogen-bond donors (Lipinski definition) is 2. The van der Waals surface area contributed by atoms with Crippen LogP contribution in [0.25, 0.3) is 0 Å². The van der Waals surface area contributed by atoms with Crippen LogP contribution in [0.15, 0.2) is 0 Å². The quantitative estimate of drug-likeness (QED) is 0.726. The molecule has 6 atom stereocenters. The summed E-state index contributed by atoms with van der Waals surface area (Å²) in [6, 6.07) is 2.02. The molecule has 3 aliphatic carbocycles. The zero-order valence-corrected chi connectivity index (χ0v) is 16.6. The summed E-state index contributed by atoms with van der Waals surface area (Å²) >= 11 is 0. The maximum absolute atomic E-state index is 14.0. The van der Waals surface area contributed by atoms with Crippen molar-refractivity contribution in [3.8, 4) is 17.9 Å². The predicted octanol–water partition coefficient (Wildman–Crippen LogP) is 3.24. The molecule has 0 radical (unpaired) electrons. The van der Waals surface area contributed by atoms with Crippen molar-refractivity contribution in [1.82, 2.24) is 4.90 Å². The maximum atomic E-state index is 14.0. The molecule has 0 aromatic rings. The number of aliphatic hydroxyl groups excluding tert-OH is 2. The first-order valence-corrected chi connectivity index (χ1v) is 11.2. The van der Waals surface area contributed by atoms with Crippen molar-refractivity contribution in [2.75, 3.05) is 6.61 Å². The largest absolute Gasteiger partial charge is 0.395 e. The first-order chi connectivity index (χ1) is 13.6. The van der Waals surface area contributed by atoms with Crippen LogP contribution in [0.1, 0.15) is 64.2 Å². The highest BCUT2D eigenvalue weighted by molar-refractivity contribution is 5.16. The van der Waals surface area contributed by atoms with Crippen molar-refractivity contribution in [1.29, 1.82) is 5.26 Å². The summed E-state index contributed by atoms with van der Waals surface area (Å²) in [6.07, 6.45) is 8.36. The van der Waals surface area contributed by atoms with Gasteiger partial charge < -0.3 is 10.2 Å². The van der Waals surface area contributed by atoms with Crippen LogP contribution in [0.3, 0.4) is 0 Å². The second-order valence-electron chi connectivity index (χ2n) is 9.41. The first kappa shape index (κ1) is 20.1. The summed E-state index contributed by atoms with van der Waals surface area (Å²) < 4.78 is 14.0. The molecule has 3 saturated carbocycles. The van der Waals surface area contributed by atoms with Crippen molar-refractivity contribution in [3.05, 3.63) is 0 Å². The lowest BCUT2D eigenvalue weighted by Gasteiger charge is -2.57. The monoisotopic (exact) mass is 388 g/mol. The molecular formula is C23H33FN2O2. The highest BCUT2D eigenvalue weighted by Crippen LogP contribution is 2.48. The summed E-state index contributed by atoms with van der Waals surface area (Å²) in [5.74, 6) is 7.69. The third kappa shape index (κ3) is 3.95. The highest BCUT2D eigenvalue weighted by atomic mass is 19.1. The third-order valence-corrected chi connectivity index (χ3v) is 7.65. The van der Waals surface area contributed by atoms with Gasteiger partial charge in [0, 0.05) is 17.9 Å². The number of hydrogen-bond acceptors (Lipinski definition) is 4. The Bertz CT molecular complexity index is 641. The Hall–Kier alpha value is -1.14. The van der Waals surface area contributed by atoms with Gasteiger partial charge in [0.2, 0.25) is 0 Å². The number of nitriles is 1. The zero-order valence-electron chi connectivity index (χ0n) is 16.6. The molecule has 1 heterocycles. The fourth-order valence-corrected chi connectivity index (χ4v) is 5.77. The third-order valence-electron chi connectivity index (χ3n) is 7.65. The van der Waals surface area contributed by atoms with Gasteiger partial charge in [0.25, 0.3) is 0 Å². The number of likely N-dealkylation sites (tertiary alicyclic amines) is 1. The van der Waals surface area contributed by atoms with E-state index in [0.29, 0.717) is 18.3 Å². The molecule has 2 N–H and O–H groups in total. The van der Waals surface area contributed by atoms with Gasteiger partial charge in [-0.1, -0.05) is 24.7 Å². The SMILES string of the molecule is N#C[C@H]1[C@H](C2CCC(C#CC3CCCCC3F)CC2)[C@H](CO)N1C(O)C1CC1. The normalized spacial score (nSPS) is 42.6. The standard InChI is InChI=1S/C23H33FN2O2/c24-19-4-2-1-3-16(19)8-5-15-6-9-17(10-7-15)22-20(13-25)26(21(22)14-27)23(28)18-11-12-18/h15-23,27-28H,1-4,6-7,9-12,14H2/t15?,16?,17?,19?,20-,21-,22-,23?/m0/s1. The Balaban J connectivity index is 1.32. The second-order valence-corrected chi connectivity index (χ2v) is 9.41. The summed E-state index contributed by atoms with van der Waals surface area (Å²) in [6.45, 7) is 0.00588. The van der Waals surface area contributed by atoms with Gasteiger partial charge in [-0.05, 0) is 63.2 Å². The molecule has 5 heteroatoms. The number of alkyl halides is 1. The van der Waals surface area contributed by atoms with Crippen molar-refractivity contribution in [2.24, 2.45) is 29.6 Å². The van der Waals surface area contributed by atoms with E-state index in [0.717, 1.165) is 57.8 Å². The minimum absolute atomic E-state index is 0.00588. The van der Waals surface area contributed by atoms with Crippen molar-refractivity contribution < 1.29 is 14.6 Å². The molecular weight excluding hydrogens is 355 g/mol. The molecule has 28 heavy (non-hydrogen) atoms. The van der Waals surface area contributed by atoms with Crippen LogP contribution < -0.4 is 0 Å². The van der Waals surface area contributed by atoms with E-state index in [4.69, 9.17) is 0 Å². The van der Waals surface area contributed by atoms with E-state index in [1.165, 1.54) is 0 Å². The number of aliphatic hydroxyl groups is 2. The van der Waals surface area contributed by atoms with Crippen molar-refractivity contribution in [2.45, 2.75) is 88.7 Å². The lowest BCUT2D eigenvalue weighted by Crippen LogP contribution is -2.70. The van der Waals surface area contributed by atoms with Gasteiger partial charge in [-0.15, -0.1) is 0 Å². The van der Waals surface area contributed by atoms with E-state index in [9.17, 15) is 19.9 Å². The van der Waals surface area contributed by atoms with Crippen LogP contribution in [0.2, 0.25) is 0 Å². The minimum atomic E-state index is -0.752. The van der Waals surface area contributed by atoms with Gasteiger partial charge in [-0.25, -0.2) is 4.39 Å². The van der Waals surface area contributed by atoms with Gasteiger partial charge >= 0.3 is 0 Å². The highest BCUT2D eigenvalue weighted by Gasteiger charge is 2.56. The fourth-order valence-electron chi connectivity index (χ4n) is 5.77. The lowest BCUT2D eigenvalue weighted by atomic mass is 9.65. The number of halogens is 1. The molecule has 4 fully saturated rings. The Morgan fingerprint density at radius 2 is 1.71 bits per heavy atom. The molecule has 3 unspecified atom stereocenters. The van der Waals surface area contributed by atoms with E-state index >= 15 is 0 Å². The molecule has 0 spiro atoms. The van der Waals surface area contributed by atoms with Gasteiger partial charge in [-0.3, -0.25) is 4.90 Å². The van der Waals surface area contributed by atoms with Gasteiger partial charge in [0.15, 0.2) is 0 Å². The smallest absolute Gasteiger partial charge is 0.114 e. The van der Waals surface area contributed by atoms with Crippen LogP contribution in [0, 0.1) is 52.8 Å². The summed E-state index contributed by atoms with van der Waals surface area (Å²) in [7, 11) is 0. The van der Waals surface area contributed by atoms with E-state index in [1.807, 2.05) is 4.90 Å². The van der Waals surface area contributed by atoms with E-state index in [-0.39, 0.29) is 36.4 Å². The van der Waals surface area contributed by atoms with Gasteiger partial charge in [-0.2, -0.15) is 5.26 Å². The average Bonchev–Trinajstić information content (AvgIpc) is 3.53. The van der Waals surface area contributed by atoms with E-state index < -0.39 is 12.4 Å². The summed E-state index contributed by atoms with van der Waals surface area (Å²) in [5.41, 5.74) is 0. The predicted molar refractivity (Wildman–Crippen MR) is 104 cm³/mol. The second kappa shape index (κ2) is 8.70. The van der Waals surface area contributed by atoms with Gasteiger partial charge in [0.1, 0.15) is 18.4 Å². The first-order valence-electron chi connectivity index (χ1n) is 11.2. The maximum Gasteiger partial charge on any atom is 0.114 e. The molecule has 154 valence electrons. The number of nitrogens with zero attached hydrogens (tertiary/aromatic N) is 2. The molecule has 0 aromatic heterocycles. The number of rotatable bonds is 4. The summed E-state index contributed by atoms with van der Waals surface area (Å²) in [5, 5.41) is 30.1. The van der Waals surface area contributed by atoms with Crippen LogP contribution in [0.5, 0.6) is 0 Å². The Morgan fingerprint density at radius 1 is 1.00 bits per heavy atom. The average molecular weight is 389 g/mol. The molecule has 0 amide bonds. The Kier molecular flexibility index (Phi) is 6.26. The van der Waals surface area contributed by atoms with E-state index in [2.05, 4.69) is 17.9 Å². The fraction of sp³-hybridized carbons (Fsp3) is 0.870. The minimum Gasteiger partial charge on any atom is -0.395 e. The van der Waals surface area contributed by atoms with Crippen molar-refractivity contribution in [3.63, 3.8) is 0 Å². The molecule has 4 rings (SSSR count). The Labute approximate surface area is 168 Å². The van der Waals surface area contributed by atoms with Crippen LogP contribution in [-0.4, -0.2) is 46.2 Å². The lowest BCUT2D eigenvalue weighted by molar-refractivity contribution is -0.176. The van der Waals surface area contributed by atoms with E-state index in [1.54, 1.807) is 0 Å². The zero-order chi connectivity index (χ0) is 19.7. The molecule has 4 nitrogen and oxygen atoms in total.